The van der Waals surface area contributed by atoms with Crippen molar-refractivity contribution < 1.29 is 14.7 Å². The number of hydrogen-bond donors (Lipinski definition) is 3. The fraction of sp³-hybridized carbons (Fsp3) is 0.800. The molecule has 88 valence electrons. The lowest BCUT2D eigenvalue weighted by molar-refractivity contribution is -0.146. The molecule has 0 radical (unpaired) electrons. The summed E-state index contributed by atoms with van der Waals surface area (Å²) in [4.78, 5) is 22.0. The van der Waals surface area contributed by atoms with Crippen molar-refractivity contribution in [3.8, 4) is 0 Å². The van der Waals surface area contributed by atoms with Crippen LogP contribution in [-0.4, -0.2) is 29.6 Å². The van der Waals surface area contributed by atoms with Gasteiger partial charge >= 0.3 is 5.97 Å². The van der Waals surface area contributed by atoms with E-state index in [9.17, 15) is 9.59 Å². The Morgan fingerprint density at radius 3 is 2.40 bits per heavy atom. The highest BCUT2D eigenvalue weighted by atomic mass is 16.4. The van der Waals surface area contributed by atoms with Crippen molar-refractivity contribution in [3.63, 3.8) is 0 Å². The van der Waals surface area contributed by atoms with E-state index in [0.29, 0.717) is 0 Å². The zero-order chi connectivity index (χ0) is 12.1. The van der Waals surface area contributed by atoms with Crippen molar-refractivity contribution in [2.45, 2.75) is 39.7 Å². The summed E-state index contributed by atoms with van der Waals surface area (Å²) in [6.07, 6.45) is 0.974. The van der Waals surface area contributed by atoms with E-state index in [1.807, 2.05) is 6.92 Å². The maximum absolute atomic E-state index is 11.3. The van der Waals surface area contributed by atoms with E-state index in [1.165, 1.54) is 0 Å². The molecular weight excluding hydrogens is 196 g/mol. The molecule has 0 saturated carbocycles. The molecule has 0 aliphatic rings. The van der Waals surface area contributed by atoms with Gasteiger partial charge in [0.05, 0.1) is 5.41 Å². The molecule has 0 aliphatic heterocycles. The summed E-state index contributed by atoms with van der Waals surface area (Å²) >= 11 is 0. The van der Waals surface area contributed by atoms with E-state index < -0.39 is 11.4 Å². The number of carbonyl (C=O) groups excluding carboxylic acids is 1. The topological polar surface area (TPSA) is 92.4 Å². The van der Waals surface area contributed by atoms with E-state index in [4.69, 9.17) is 10.8 Å². The molecule has 0 fully saturated rings. The van der Waals surface area contributed by atoms with Crippen LogP contribution in [0.4, 0.5) is 0 Å². The van der Waals surface area contributed by atoms with Crippen LogP contribution in [0.1, 0.15) is 33.6 Å². The lowest BCUT2D eigenvalue weighted by Gasteiger charge is -2.20. The molecule has 0 aromatic rings. The van der Waals surface area contributed by atoms with E-state index in [-0.39, 0.29) is 24.9 Å². The third-order valence-electron chi connectivity index (χ3n) is 2.28. The van der Waals surface area contributed by atoms with Gasteiger partial charge in [-0.3, -0.25) is 9.59 Å². The Kier molecular flexibility index (Phi) is 5.28. The summed E-state index contributed by atoms with van der Waals surface area (Å²) in [5.41, 5.74) is 4.66. The highest BCUT2D eigenvalue weighted by Gasteiger charge is 2.27. The first-order chi connectivity index (χ1) is 6.79. The van der Waals surface area contributed by atoms with Crippen LogP contribution in [-0.2, 0) is 9.59 Å². The first-order valence-electron chi connectivity index (χ1n) is 5.05. The number of nitrogens with one attached hydrogen (secondary N) is 1. The van der Waals surface area contributed by atoms with Gasteiger partial charge in [0, 0.05) is 19.0 Å². The Bertz CT molecular complexity index is 239. The maximum atomic E-state index is 11.3. The molecule has 1 amide bonds. The summed E-state index contributed by atoms with van der Waals surface area (Å²) in [6.45, 7) is 5.15. The Morgan fingerprint density at radius 2 is 2.00 bits per heavy atom. The molecule has 5 nitrogen and oxygen atoms in total. The van der Waals surface area contributed by atoms with Crippen LogP contribution >= 0.6 is 0 Å². The normalized spacial score (nSPS) is 13.3. The van der Waals surface area contributed by atoms with Gasteiger partial charge in [-0.05, 0) is 20.3 Å². The van der Waals surface area contributed by atoms with Crippen molar-refractivity contribution in [2.24, 2.45) is 11.1 Å². The predicted molar refractivity (Wildman–Crippen MR) is 57.3 cm³/mol. The maximum Gasteiger partial charge on any atom is 0.310 e. The number of carbonyl (C=O) groups is 2. The lowest BCUT2D eigenvalue weighted by atomic mass is 9.94. The molecule has 5 heteroatoms. The van der Waals surface area contributed by atoms with Crippen LogP contribution in [0.15, 0.2) is 0 Å². The summed E-state index contributed by atoms with van der Waals surface area (Å²) < 4.78 is 0. The Balaban J connectivity index is 3.96. The summed E-state index contributed by atoms with van der Waals surface area (Å²) in [6, 6.07) is -0.155. The lowest BCUT2D eigenvalue weighted by Crippen LogP contribution is -2.40. The molecular formula is C10H20N2O3. The average Bonchev–Trinajstić information content (AvgIpc) is 2.14. The van der Waals surface area contributed by atoms with Gasteiger partial charge in [-0.25, -0.2) is 0 Å². The van der Waals surface area contributed by atoms with Gasteiger partial charge in [-0.1, -0.05) is 6.92 Å². The summed E-state index contributed by atoms with van der Waals surface area (Å²) in [7, 11) is 0. The van der Waals surface area contributed by atoms with Gasteiger partial charge in [0.2, 0.25) is 5.91 Å². The number of rotatable bonds is 6. The second-order valence-electron chi connectivity index (χ2n) is 4.34. The minimum Gasteiger partial charge on any atom is -0.481 e. The molecule has 0 rings (SSSR count). The second kappa shape index (κ2) is 5.70. The predicted octanol–water partition coefficient (Wildman–Crippen LogP) is 0.341. The Hall–Kier alpha value is -1.10. The van der Waals surface area contributed by atoms with Crippen molar-refractivity contribution in [3.05, 3.63) is 0 Å². The average molecular weight is 216 g/mol. The Morgan fingerprint density at radius 1 is 1.47 bits per heavy atom. The standard InChI is InChI=1S/C10H20N2O3/c1-4-7(11)5-8(13)12-6-10(2,3)9(14)15/h7H,4-6,11H2,1-3H3,(H,12,13)(H,14,15). The van der Waals surface area contributed by atoms with Crippen molar-refractivity contribution in [1.29, 1.82) is 0 Å². The van der Waals surface area contributed by atoms with Crippen LogP contribution in [0.3, 0.4) is 0 Å². The molecule has 1 unspecified atom stereocenters. The van der Waals surface area contributed by atoms with E-state index in [1.54, 1.807) is 13.8 Å². The number of amides is 1. The van der Waals surface area contributed by atoms with Crippen molar-refractivity contribution >= 4 is 11.9 Å². The molecule has 0 aromatic heterocycles. The van der Waals surface area contributed by atoms with Crippen LogP contribution in [0.5, 0.6) is 0 Å². The van der Waals surface area contributed by atoms with Gasteiger partial charge in [-0.2, -0.15) is 0 Å². The van der Waals surface area contributed by atoms with E-state index in [0.717, 1.165) is 6.42 Å². The fourth-order valence-electron chi connectivity index (χ4n) is 0.850. The highest BCUT2D eigenvalue weighted by molar-refractivity contribution is 5.78. The van der Waals surface area contributed by atoms with E-state index in [2.05, 4.69) is 5.32 Å². The largest absolute Gasteiger partial charge is 0.481 e. The van der Waals surface area contributed by atoms with Gasteiger partial charge < -0.3 is 16.2 Å². The van der Waals surface area contributed by atoms with Crippen LogP contribution in [0, 0.1) is 5.41 Å². The summed E-state index contributed by atoms with van der Waals surface area (Å²) in [5.74, 6) is -1.12. The molecule has 0 bridgehead atoms. The molecule has 0 saturated heterocycles. The number of hydrogen-bond acceptors (Lipinski definition) is 3. The Labute approximate surface area is 90.0 Å². The molecule has 1 atom stereocenters. The zero-order valence-corrected chi connectivity index (χ0v) is 9.54. The molecule has 0 aliphatic carbocycles. The second-order valence-corrected chi connectivity index (χ2v) is 4.34. The van der Waals surface area contributed by atoms with Crippen molar-refractivity contribution in [1.82, 2.24) is 5.32 Å². The highest BCUT2D eigenvalue weighted by Crippen LogP contribution is 2.13. The number of carboxylic acids is 1. The van der Waals surface area contributed by atoms with E-state index >= 15 is 0 Å². The zero-order valence-electron chi connectivity index (χ0n) is 9.54. The van der Waals surface area contributed by atoms with Crippen LogP contribution < -0.4 is 11.1 Å². The number of nitrogens with two attached hydrogens (primary N) is 1. The molecule has 0 aromatic carbocycles. The van der Waals surface area contributed by atoms with Gasteiger partial charge in [0.25, 0.3) is 0 Å². The number of aliphatic carboxylic acids is 1. The third-order valence-corrected chi connectivity index (χ3v) is 2.28. The smallest absolute Gasteiger partial charge is 0.310 e. The number of carboxylic acid groups (broad SMARTS) is 1. The molecule has 0 spiro atoms. The molecule has 0 heterocycles. The fourth-order valence-corrected chi connectivity index (χ4v) is 0.850. The SMILES string of the molecule is CCC(N)CC(=O)NCC(C)(C)C(=O)O. The minimum absolute atomic E-state index is 0.123. The van der Waals surface area contributed by atoms with Crippen molar-refractivity contribution in [2.75, 3.05) is 6.54 Å². The summed E-state index contributed by atoms with van der Waals surface area (Å²) in [5, 5.41) is 11.4. The van der Waals surface area contributed by atoms with Crippen LogP contribution in [0.25, 0.3) is 0 Å². The van der Waals surface area contributed by atoms with Gasteiger partial charge in [0.15, 0.2) is 0 Å². The van der Waals surface area contributed by atoms with Gasteiger partial charge in [0.1, 0.15) is 0 Å². The molecule has 15 heavy (non-hydrogen) atoms. The monoisotopic (exact) mass is 216 g/mol. The third kappa shape index (κ3) is 5.37. The quantitative estimate of drug-likeness (QED) is 0.597. The molecule has 4 N–H and O–H groups in total. The van der Waals surface area contributed by atoms with Gasteiger partial charge in [-0.15, -0.1) is 0 Å². The minimum atomic E-state index is -0.939. The van der Waals surface area contributed by atoms with Crippen LogP contribution in [0.2, 0.25) is 0 Å². The first-order valence-corrected chi connectivity index (χ1v) is 5.05. The first kappa shape index (κ1) is 13.9.